The van der Waals surface area contributed by atoms with Crippen molar-refractivity contribution in [3.05, 3.63) is 77.6 Å². The van der Waals surface area contributed by atoms with E-state index in [1.165, 1.54) is 4.90 Å². The molecule has 5 N–H and O–H groups in total. The summed E-state index contributed by atoms with van der Waals surface area (Å²) in [6.45, 7) is 5.84. The number of hydrogen-bond donors (Lipinski definition) is 5. The molecule has 2 aliphatic rings. The van der Waals surface area contributed by atoms with Gasteiger partial charge in [-0.1, -0.05) is 61.5 Å². The SMILES string of the molecule is CN[C@@H](C)C(=O)N[C@H](C(=O)N1CCc2cn(nn2)CCCOc2ccc(cc2)C[C@@H](C(=O)O)NC(=O)[C@H](Cc2ccccc2)NC(=O)C1)C(C)C. The number of nitrogens with one attached hydrogen (secondary N) is 4. The summed E-state index contributed by atoms with van der Waals surface area (Å²) in [4.78, 5) is 68.0. The van der Waals surface area contributed by atoms with Gasteiger partial charge in [0, 0.05) is 45.0 Å². The van der Waals surface area contributed by atoms with E-state index in [4.69, 9.17) is 4.74 Å². The Hall–Kier alpha value is -5.31. The van der Waals surface area contributed by atoms with Crippen LogP contribution >= 0.6 is 0 Å². The lowest BCUT2D eigenvalue weighted by Crippen LogP contribution is -2.57. The van der Waals surface area contributed by atoms with Crippen LogP contribution in [0.25, 0.3) is 0 Å². The molecule has 2 aromatic carbocycles. The summed E-state index contributed by atoms with van der Waals surface area (Å²) in [6, 6.07) is 12.0. The fourth-order valence-corrected chi connectivity index (χ4v) is 5.52. The van der Waals surface area contributed by atoms with Crippen molar-refractivity contribution in [2.45, 2.75) is 77.2 Å². The van der Waals surface area contributed by atoms with Gasteiger partial charge >= 0.3 is 5.97 Å². The fourth-order valence-electron chi connectivity index (χ4n) is 5.52. The maximum Gasteiger partial charge on any atom is 0.326 e. The molecule has 51 heavy (non-hydrogen) atoms. The molecule has 0 spiro atoms. The van der Waals surface area contributed by atoms with E-state index in [0.29, 0.717) is 36.6 Å². The highest BCUT2D eigenvalue weighted by Gasteiger charge is 2.32. The van der Waals surface area contributed by atoms with Gasteiger partial charge < -0.3 is 36.0 Å². The Kier molecular flexibility index (Phi) is 14.1. The van der Waals surface area contributed by atoms with Gasteiger partial charge in [0.05, 0.1) is 24.9 Å². The highest BCUT2D eigenvalue weighted by Crippen LogP contribution is 2.15. The molecule has 0 saturated carbocycles. The first-order chi connectivity index (χ1) is 24.4. The average Bonchev–Trinajstić information content (AvgIpc) is 3.57. The zero-order valence-corrected chi connectivity index (χ0v) is 29.5. The number of benzene rings is 2. The number of likely N-dealkylation sites (N-methyl/N-ethyl adjacent to an activating group) is 1. The molecule has 2 aliphatic heterocycles. The number of nitrogens with zero attached hydrogens (tertiary/aromatic N) is 4. The first-order valence-electron chi connectivity index (χ1n) is 17.2. The minimum absolute atomic E-state index is 0.00124. The summed E-state index contributed by atoms with van der Waals surface area (Å²) in [7, 11) is 1.64. The van der Waals surface area contributed by atoms with Gasteiger partial charge in [0.1, 0.15) is 23.9 Å². The Morgan fingerprint density at radius 2 is 1.75 bits per heavy atom. The monoisotopic (exact) mass is 704 g/mol. The van der Waals surface area contributed by atoms with Crippen LogP contribution in [0.15, 0.2) is 60.8 Å². The second kappa shape index (κ2) is 18.6. The van der Waals surface area contributed by atoms with Crippen molar-refractivity contribution >= 4 is 29.6 Å². The summed E-state index contributed by atoms with van der Waals surface area (Å²) < 4.78 is 7.54. The number of fused-ring (bicyclic) bond motifs is 15. The summed E-state index contributed by atoms with van der Waals surface area (Å²) >= 11 is 0. The molecule has 4 atom stereocenters. The van der Waals surface area contributed by atoms with Crippen LogP contribution in [0, 0.1) is 5.92 Å². The molecule has 5 rings (SSSR count). The van der Waals surface area contributed by atoms with E-state index in [2.05, 4.69) is 31.6 Å². The predicted octanol–water partition coefficient (Wildman–Crippen LogP) is 0.720. The van der Waals surface area contributed by atoms with Gasteiger partial charge in [-0.25, -0.2) is 4.79 Å². The lowest BCUT2D eigenvalue weighted by molar-refractivity contribution is -0.143. The Morgan fingerprint density at radius 1 is 1.02 bits per heavy atom. The van der Waals surface area contributed by atoms with Gasteiger partial charge in [-0.05, 0) is 43.1 Å². The number of aryl methyl sites for hydroxylation is 1. The standard InChI is InChI=1S/C36H48N8O7/c1-23(2)32(40-33(46)24(3)37-4)35(48)43-17-15-27-21-44(42-41-27)16-8-18-51-28-13-11-26(12-14-28)20-30(36(49)50)39-34(47)29(38-31(45)22-43)19-25-9-6-5-7-10-25/h5-7,9-14,21,23-24,29-30,32,37H,8,15-20,22H2,1-4H3,(H,38,45)(H,39,47)(H,40,46)(H,49,50)/t24-,29-,30-,32-/m0/s1. The van der Waals surface area contributed by atoms with E-state index in [-0.39, 0.29) is 37.6 Å². The number of carbonyl (C=O) groups is 5. The minimum atomic E-state index is -1.28. The number of carbonyl (C=O) groups excluding carboxylic acids is 4. The largest absolute Gasteiger partial charge is 0.494 e. The van der Waals surface area contributed by atoms with Crippen molar-refractivity contribution in [1.82, 2.24) is 41.2 Å². The molecule has 0 radical (unpaired) electrons. The summed E-state index contributed by atoms with van der Waals surface area (Å²) in [5, 5.41) is 29.5. The van der Waals surface area contributed by atoms with Gasteiger partial charge in [-0.15, -0.1) is 5.10 Å². The van der Waals surface area contributed by atoms with Crippen molar-refractivity contribution in [2.24, 2.45) is 5.92 Å². The summed E-state index contributed by atoms with van der Waals surface area (Å²) in [5.74, 6) is -3.10. The van der Waals surface area contributed by atoms with E-state index < -0.39 is 54.4 Å². The molecular weight excluding hydrogens is 656 g/mol. The van der Waals surface area contributed by atoms with E-state index >= 15 is 0 Å². The molecule has 15 heteroatoms. The van der Waals surface area contributed by atoms with Gasteiger partial charge in [0.15, 0.2) is 0 Å². The van der Waals surface area contributed by atoms with Crippen molar-refractivity contribution < 1.29 is 33.8 Å². The van der Waals surface area contributed by atoms with Crippen LogP contribution in [0.4, 0.5) is 0 Å². The Balaban J connectivity index is 1.65. The lowest BCUT2D eigenvalue weighted by atomic mass is 10.0. The molecule has 15 nitrogen and oxygen atoms in total. The third kappa shape index (κ3) is 11.6. The molecule has 1 aromatic heterocycles. The van der Waals surface area contributed by atoms with E-state index in [1.54, 1.807) is 87.2 Å². The quantitative estimate of drug-likeness (QED) is 0.209. The van der Waals surface area contributed by atoms with Gasteiger partial charge in [0.2, 0.25) is 23.6 Å². The maximum atomic E-state index is 14.1. The molecule has 0 fully saturated rings. The molecule has 4 bridgehead atoms. The predicted molar refractivity (Wildman–Crippen MR) is 187 cm³/mol. The summed E-state index contributed by atoms with van der Waals surface area (Å²) in [5.41, 5.74) is 2.00. The van der Waals surface area contributed by atoms with Crippen molar-refractivity contribution in [3.63, 3.8) is 0 Å². The number of aliphatic carboxylic acids is 1. The molecule has 3 aromatic rings. The zero-order chi connectivity index (χ0) is 36.9. The summed E-state index contributed by atoms with van der Waals surface area (Å²) in [6.07, 6.45) is 2.74. The van der Waals surface area contributed by atoms with Crippen molar-refractivity contribution in [1.29, 1.82) is 0 Å². The Morgan fingerprint density at radius 3 is 2.41 bits per heavy atom. The fraction of sp³-hybridized carbons (Fsp3) is 0.472. The highest BCUT2D eigenvalue weighted by atomic mass is 16.5. The number of ether oxygens (including phenoxy) is 1. The number of amides is 4. The Bertz CT molecular complexity index is 1630. The molecule has 3 heterocycles. The van der Waals surface area contributed by atoms with E-state index in [9.17, 15) is 29.1 Å². The van der Waals surface area contributed by atoms with Crippen LogP contribution < -0.4 is 26.0 Å². The highest BCUT2D eigenvalue weighted by molar-refractivity contribution is 5.94. The normalized spacial score (nSPS) is 19.0. The lowest BCUT2D eigenvalue weighted by Gasteiger charge is -2.30. The maximum absolute atomic E-state index is 14.1. The molecule has 0 saturated heterocycles. The average molecular weight is 705 g/mol. The van der Waals surface area contributed by atoms with E-state index in [1.807, 2.05) is 6.07 Å². The minimum Gasteiger partial charge on any atom is -0.494 e. The second-order valence-electron chi connectivity index (χ2n) is 13.0. The van der Waals surface area contributed by atoms with Crippen LogP contribution in [-0.4, -0.2) is 106 Å². The number of carboxylic acids is 1. The molecule has 0 unspecified atom stereocenters. The first-order valence-corrected chi connectivity index (χ1v) is 17.2. The van der Waals surface area contributed by atoms with Crippen molar-refractivity contribution in [3.8, 4) is 5.75 Å². The van der Waals surface area contributed by atoms with Crippen molar-refractivity contribution in [2.75, 3.05) is 26.7 Å². The number of hydrogen-bond acceptors (Lipinski definition) is 9. The van der Waals surface area contributed by atoms with Gasteiger partial charge in [0.25, 0.3) is 0 Å². The smallest absolute Gasteiger partial charge is 0.326 e. The number of carboxylic acid groups (broad SMARTS) is 1. The number of rotatable bonds is 8. The topological polar surface area (TPSA) is 197 Å². The first kappa shape index (κ1) is 38.5. The molecular formula is C36H48N8O7. The third-order valence-corrected chi connectivity index (χ3v) is 8.64. The van der Waals surface area contributed by atoms with E-state index in [0.717, 1.165) is 5.56 Å². The zero-order valence-electron chi connectivity index (χ0n) is 29.5. The van der Waals surface area contributed by atoms with Crippen LogP contribution in [0.3, 0.4) is 0 Å². The van der Waals surface area contributed by atoms with Crippen LogP contribution in [0.5, 0.6) is 5.75 Å². The van der Waals surface area contributed by atoms with Crippen LogP contribution in [0.1, 0.15) is 44.0 Å². The van der Waals surface area contributed by atoms with Gasteiger partial charge in [-0.3, -0.25) is 23.9 Å². The van der Waals surface area contributed by atoms with Crippen LogP contribution in [-0.2, 0) is 49.8 Å². The molecule has 0 aliphatic carbocycles. The number of aromatic nitrogens is 3. The van der Waals surface area contributed by atoms with Crippen LogP contribution in [0.2, 0.25) is 0 Å². The molecule has 4 amide bonds. The second-order valence-corrected chi connectivity index (χ2v) is 13.0. The third-order valence-electron chi connectivity index (χ3n) is 8.64. The molecule has 274 valence electrons. The van der Waals surface area contributed by atoms with Gasteiger partial charge in [-0.2, -0.15) is 0 Å². The Labute approximate surface area is 297 Å².